The van der Waals surface area contributed by atoms with Crippen LogP contribution in [-0.2, 0) is 35.5 Å². The normalized spacial score (nSPS) is 14.6. The molecule has 0 aliphatic heterocycles. The van der Waals surface area contributed by atoms with Crippen molar-refractivity contribution in [1.82, 2.24) is 0 Å². The summed E-state index contributed by atoms with van der Waals surface area (Å²) in [5.41, 5.74) is 3.98. The van der Waals surface area contributed by atoms with Gasteiger partial charge in [-0.15, -0.1) is 0 Å². The van der Waals surface area contributed by atoms with E-state index in [2.05, 4.69) is 0 Å². The van der Waals surface area contributed by atoms with Crippen LogP contribution in [0.5, 0.6) is 0 Å². The highest BCUT2D eigenvalue weighted by molar-refractivity contribution is 5.19. The molecule has 0 aliphatic carbocycles. The Kier molecular flexibility index (Phi) is 9.83. The second kappa shape index (κ2) is 13.7. The van der Waals surface area contributed by atoms with Gasteiger partial charge < -0.3 is 19.7 Å². The number of hydrogen-bond acceptors (Lipinski definition) is 4. The molecule has 0 bridgehead atoms. The van der Waals surface area contributed by atoms with E-state index in [9.17, 15) is 10.2 Å². The van der Waals surface area contributed by atoms with E-state index in [4.69, 9.17) is 9.47 Å². The largest absolute Gasteiger partial charge is 0.390 e. The van der Waals surface area contributed by atoms with E-state index in [0.717, 1.165) is 22.3 Å². The molecule has 0 radical (unpaired) electrons. The number of hydrogen-bond donors (Lipinski definition) is 2. The average molecular weight is 483 g/mol. The third kappa shape index (κ3) is 7.87. The summed E-state index contributed by atoms with van der Waals surface area (Å²) >= 11 is 0. The van der Waals surface area contributed by atoms with Gasteiger partial charge in [-0.1, -0.05) is 121 Å². The molecule has 4 atom stereocenters. The molecule has 4 rings (SSSR count). The van der Waals surface area contributed by atoms with Crippen LogP contribution in [0.3, 0.4) is 0 Å². The van der Waals surface area contributed by atoms with Gasteiger partial charge in [0.25, 0.3) is 0 Å². The Balaban J connectivity index is 1.58. The summed E-state index contributed by atoms with van der Waals surface area (Å²) in [6, 6.07) is 39.4. The van der Waals surface area contributed by atoms with E-state index in [-0.39, 0.29) is 0 Å². The lowest BCUT2D eigenvalue weighted by molar-refractivity contribution is -0.165. The van der Waals surface area contributed by atoms with Crippen LogP contribution in [0.25, 0.3) is 0 Å². The molecule has 4 heteroatoms. The molecule has 0 unspecified atom stereocenters. The molecule has 2 N–H and O–H groups in total. The fourth-order valence-corrected chi connectivity index (χ4v) is 4.33. The summed E-state index contributed by atoms with van der Waals surface area (Å²) in [6.45, 7) is 0.612. The topological polar surface area (TPSA) is 58.9 Å². The van der Waals surface area contributed by atoms with E-state index in [0.29, 0.717) is 26.1 Å². The van der Waals surface area contributed by atoms with Crippen LogP contribution >= 0.6 is 0 Å². The first kappa shape index (κ1) is 25.8. The molecule has 36 heavy (non-hydrogen) atoms. The van der Waals surface area contributed by atoms with Crippen molar-refractivity contribution in [3.8, 4) is 0 Å². The van der Waals surface area contributed by atoms with Crippen molar-refractivity contribution in [3.63, 3.8) is 0 Å². The molecule has 0 amide bonds. The fraction of sp³-hybridized carbons (Fsp3) is 0.250. The molecule has 4 aromatic rings. The lowest BCUT2D eigenvalue weighted by Crippen LogP contribution is -2.49. The van der Waals surface area contributed by atoms with Gasteiger partial charge in [0.2, 0.25) is 0 Å². The molecule has 0 aromatic heterocycles. The minimum Gasteiger partial charge on any atom is -0.390 e. The summed E-state index contributed by atoms with van der Waals surface area (Å²) < 4.78 is 12.7. The predicted molar refractivity (Wildman–Crippen MR) is 142 cm³/mol. The van der Waals surface area contributed by atoms with Crippen LogP contribution in [0.1, 0.15) is 22.3 Å². The molecular formula is C32H34O4. The third-order valence-electron chi connectivity index (χ3n) is 6.23. The number of benzene rings is 4. The second-order valence-electron chi connectivity index (χ2n) is 9.04. The molecule has 0 aliphatic rings. The van der Waals surface area contributed by atoms with Gasteiger partial charge in [0.15, 0.2) is 0 Å². The van der Waals surface area contributed by atoms with Crippen molar-refractivity contribution in [2.24, 2.45) is 0 Å². The van der Waals surface area contributed by atoms with Crippen molar-refractivity contribution in [2.45, 2.75) is 50.5 Å². The first-order valence-corrected chi connectivity index (χ1v) is 12.4. The summed E-state index contributed by atoms with van der Waals surface area (Å²) in [7, 11) is 0. The van der Waals surface area contributed by atoms with Gasteiger partial charge >= 0.3 is 0 Å². The third-order valence-corrected chi connectivity index (χ3v) is 6.23. The maximum Gasteiger partial charge on any atom is 0.113 e. The van der Waals surface area contributed by atoms with Crippen molar-refractivity contribution in [3.05, 3.63) is 144 Å². The Hall–Kier alpha value is -3.28. The number of rotatable bonds is 13. The number of ether oxygens (including phenoxy) is 2. The van der Waals surface area contributed by atoms with Gasteiger partial charge in [0, 0.05) is 12.8 Å². The Labute approximate surface area is 213 Å². The van der Waals surface area contributed by atoms with Gasteiger partial charge in [-0.2, -0.15) is 0 Å². The standard InChI is InChI=1S/C32H34O4/c33-29(21-25-13-5-1-6-14-25)31(35-23-27-17-9-3-10-18-27)32(36-24-28-19-11-4-12-20-28)30(34)22-26-15-7-2-8-16-26/h1-20,29-34H,21-24H2/t29-,30-,31-,32-/m1/s1. The fourth-order valence-electron chi connectivity index (χ4n) is 4.33. The summed E-state index contributed by atoms with van der Waals surface area (Å²) in [5, 5.41) is 22.8. The molecule has 186 valence electrons. The van der Waals surface area contributed by atoms with E-state index in [1.807, 2.05) is 121 Å². The Morgan fingerprint density at radius 3 is 1.00 bits per heavy atom. The van der Waals surface area contributed by atoms with Gasteiger partial charge in [-0.05, 0) is 22.3 Å². The lowest BCUT2D eigenvalue weighted by atomic mass is 9.94. The zero-order chi connectivity index (χ0) is 25.0. The van der Waals surface area contributed by atoms with E-state index in [1.54, 1.807) is 0 Å². The van der Waals surface area contributed by atoms with E-state index in [1.165, 1.54) is 0 Å². The van der Waals surface area contributed by atoms with E-state index >= 15 is 0 Å². The SMILES string of the molecule is O[C@H](Cc1ccccc1)[C@@H](OCc1ccccc1)[C@H](OCc1ccccc1)[C@H](O)Cc1ccccc1. The van der Waals surface area contributed by atoms with Crippen LogP contribution in [0.4, 0.5) is 0 Å². The molecular weight excluding hydrogens is 448 g/mol. The van der Waals surface area contributed by atoms with Crippen LogP contribution in [-0.4, -0.2) is 34.6 Å². The quantitative estimate of drug-likeness (QED) is 0.269. The average Bonchev–Trinajstić information content (AvgIpc) is 2.92. The van der Waals surface area contributed by atoms with Crippen molar-refractivity contribution >= 4 is 0 Å². The zero-order valence-electron chi connectivity index (χ0n) is 20.4. The van der Waals surface area contributed by atoms with Gasteiger partial charge in [0.05, 0.1) is 25.4 Å². The summed E-state index contributed by atoms with van der Waals surface area (Å²) in [5.74, 6) is 0. The zero-order valence-corrected chi connectivity index (χ0v) is 20.4. The summed E-state index contributed by atoms with van der Waals surface area (Å²) in [6.07, 6.45) is -2.45. The number of aliphatic hydroxyl groups is 2. The van der Waals surface area contributed by atoms with Crippen molar-refractivity contribution < 1.29 is 19.7 Å². The van der Waals surface area contributed by atoms with Crippen LogP contribution in [0.2, 0.25) is 0 Å². The minimum atomic E-state index is -0.873. The van der Waals surface area contributed by atoms with Gasteiger partial charge in [-0.25, -0.2) is 0 Å². The Bertz CT molecular complexity index is 1030. The predicted octanol–water partition coefficient (Wildman–Crippen LogP) is 5.36. The molecule has 4 aromatic carbocycles. The maximum atomic E-state index is 11.4. The molecule has 0 fully saturated rings. The van der Waals surface area contributed by atoms with E-state index < -0.39 is 24.4 Å². The monoisotopic (exact) mass is 482 g/mol. The van der Waals surface area contributed by atoms with Crippen LogP contribution in [0, 0.1) is 0 Å². The van der Waals surface area contributed by atoms with Gasteiger partial charge in [-0.3, -0.25) is 0 Å². The highest BCUT2D eigenvalue weighted by atomic mass is 16.6. The highest BCUT2D eigenvalue weighted by Gasteiger charge is 2.35. The molecule has 0 saturated heterocycles. The number of aliphatic hydroxyl groups excluding tert-OH is 2. The molecule has 0 spiro atoms. The van der Waals surface area contributed by atoms with Crippen LogP contribution in [0.15, 0.2) is 121 Å². The minimum absolute atomic E-state index is 0.306. The molecule has 0 saturated carbocycles. The maximum absolute atomic E-state index is 11.4. The molecule has 0 heterocycles. The highest BCUT2D eigenvalue weighted by Crippen LogP contribution is 2.22. The molecule has 4 nitrogen and oxygen atoms in total. The Morgan fingerprint density at radius 1 is 0.417 bits per heavy atom. The summed E-state index contributed by atoms with van der Waals surface area (Å²) in [4.78, 5) is 0. The Morgan fingerprint density at radius 2 is 0.694 bits per heavy atom. The first-order chi connectivity index (χ1) is 17.7. The smallest absolute Gasteiger partial charge is 0.113 e. The van der Waals surface area contributed by atoms with Crippen molar-refractivity contribution in [1.29, 1.82) is 0 Å². The first-order valence-electron chi connectivity index (χ1n) is 12.4. The van der Waals surface area contributed by atoms with Gasteiger partial charge in [0.1, 0.15) is 12.2 Å². The lowest BCUT2D eigenvalue weighted by Gasteiger charge is -2.34. The van der Waals surface area contributed by atoms with Crippen molar-refractivity contribution in [2.75, 3.05) is 0 Å². The second-order valence-corrected chi connectivity index (χ2v) is 9.04. The van der Waals surface area contributed by atoms with Crippen LogP contribution < -0.4 is 0 Å².